The van der Waals surface area contributed by atoms with Crippen molar-refractivity contribution in [3.8, 4) is 17.3 Å². The average Bonchev–Trinajstić information content (AvgIpc) is 2.59. The lowest BCUT2D eigenvalue weighted by Crippen LogP contribution is -2.21. The van der Waals surface area contributed by atoms with E-state index in [1.807, 2.05) is 19.9 Å². The van der Waals surface area contributed by atoms with Gasteiger partial charge in [-0.1, -0.05) is 18.6 Å². The minimum absolute atomic E-state index is 0.255. The number of aromatic nitrogens is 4. The summed E-state index contributed by atoms with van der Waals surface area (Å²) < 4.78 is 42.0. The number of ether oxygens (including phenoxy) is 1. The van der Waals surface area contributed by atoms with Crippen LogP contribution in [0.3, 0.4) is 0 Å². The van der Waals surface area contributed by atoms with E-state index in [-0.39, 0.29) is 11.6 Å². The molecule has 0 saturated carbocycles. The van der Waals surface area contributed by atoms with Gasteiger partial charge in [0, 0.05) is 24.0 Å². The van der Waals surface area contributed by atoms with Crippen molar-refractivity contribution in [3.63, 3.8) is 0 Å². The van der Waals surface area contributed by atoms with Crippen LogP contribution >= 0.6 is 0 Å². The summed E-state index contributed by atoms with van der Waals surface area (Å²) in [6.07, 6.45) is 0.916. The first-order valence-electron chi connectivity index (χ1n) is 7.54. The van der Waals surface area contributed by atoms with Crippen LogP contribution in [0.1, 0.15) is 20.3 Å². The molecule has 2 heterocycles. The monoisotopic (exact) mass is 354 g/mol. The van der Waals surface area contributed by atoms with Gasteiger partial charge in [-0.15, -0.1) is 0 Å². The highest BCUT2D eigenvalue weighted by Gasteiger charge is 2.28. The molecule has 0 aromatic carbocycles. The molecule has 9 heteroatoms. The third kappa shape index (κ3) is 5.70. The summed E-state index contributed by atoms with van der Waals surface area (Å²) in [6, 6.07) is 2.49. The molecule has 0 amide bonds. The molecule has 2 rings (SSSR count). The highest BCUT2D eigenvalue weighted by atomic mass is 19.4. The van der Waals surface area contributed by atoms with E-state index in [0.29, 0.717) is 17.8 Å². The summed E-state index contributed by atoms with van der Waals surface area (Å²) >= 11 is 0. The molecule has 2 aromatic heterocycles. The summed E-state index contributed by atoms with van der Waals surface area (Å²) in [7, 11) is 0. The molecule has 6 nitrogen and oxygen atoms in total. The van der Waals surface area contributed by atoms with Gasteiger partial charge in [-0.2, -0.15) is 18.3 Å². The molecule has 0 N–H and O–H groups in total. The largest absolute Gasteiger partial charge is 0.454 e. The fraction of sp³-hybridized carbons (Fsp3) is 0.375. The van der Waals surface area contributed by atoms with Gasteiger partial charge in [-0.25, -0.2) is 14.6 Å². The van der Waals surface area contributed by atoms with Crippen LogP contribution in [0.2, 0.25) is 0 Å². The maximum absolute atomic E-state index is 12.1. The summed E-state index contributed by atoms with van der Waals surface area (Å²) in [6.45, 7) is 2.85. The topological polar surface area (TPSA) is 69.9 Å². The number of hydrogen-bond acceptors (Lipinski definition) is 5. The van der Waals surface area contributed by atoms with Gasteiger partial charge in [-0.05, 0) is 19.4 Å². The molecule has 0 radical (unpaired) electrons. The number of alkyl halides is 3. The Labute approximate surface area is 142 Å². The zero-order chi connectivity index (χ0) is 18.4. The first-order chi connectivity index (χ1) is 11.8. The third-order valence-electron chi connectivity index (χ3n) is 3.33. The Morgan fingerprint density at radius 3 is 2.56 bits per heavy atom. The zero-order valence-electron chi connectivity index (χ0n) is 13.7. The Morgan fingerprint density at radius 1 is 1.28 bits per heavy atom. The van der Waals surface area contributed by atoms with Crippen LogP contribution in [0.5, 0.6) is 6.01 Å². The lowest BCUT2D eigenvalue weighted by atomic mass is 10.2. The molecule has 134 valence electrons. The Hall–Kier alpha value is -2.71. The van der Waals surface area contributed by atoms with Gasteiger partial charge in [0.05, 0.1) is 12.2 Å². The number of allylic oxidation sites excluding steroid dienone is 2. The van der Waals surface area contributed by atoms with E-state index in [9.17, 15) is 18.0 Å². The van der Waals surface area contributed by atoms with Crippen LogP contribution in [0.4, 0.5) is 13.2 Å². The van der Waals surface area contributed by atoms with Crippen molar-refractivity contribution in [1.29, 1.82) is 0 Å². The second-order valence-electron chi connectivity index (χ2n) is 5.30. The van der Waals surface area contributed by atoms with Gasteiger partial charge in [-0.3, -0.25) is 4.79 Å². The van der Waals surface area contributed by atoms with E-state index in [1.54, 1.807) is 0 Å². The van der Waals surface area contributed by atoms with Gasteiger partial charge < -0.3 is 4.74 Å². The number of rotatable bonds is 6. The van der Waals surface area contributed by atoms with Crippen LogP contribution in [-0.2, 0) is 6.54 Å². The minimum atomic E-state index is -4.46. The number of nitrogens with zero attached hydrogens (tertiary/aromatic N) is 4. The van der Waals surface area contributed by atoms with E-state index in [0.717, 1.165) is 12.0 Å². The van der Waals surface area contributed by atoms with Crippen LogP contribution < -0.4 is 10.3 Å². The Morgan fingerprint density at radius 2 is 1.96 bits per heavy atom. The van der Waals surface area contributed by atoms with E-state index >= 15 is 0 Å². The third-order valence-corrected chi connectivity index (χ3v) is 3.33. The predicted molar refractivity (Wildman–Crippen MR) is 85.1 cm³/mol. The van der Waals surface area contributed by atoms with Crippen LogP contribution in [0.25, 0.3) is 11.3 Å². The molecule has 2 aromatic rings. The zero-order valence-corrected chi connectivity index (χ0v) is 13.7. The van der Waals surface area contributed by atoms with Crippen molar-refractivity contribution >= 4 is 0 Å². The molecule has 25 heavy (non-hydrogen) atoms. The highest BCUT2D eigenvalue weighted by Crippen LogP contribution is 2.18. The standard InChI is InChI=1S/C16H17F3N4O2/c1-3-11(2)6-7-23-14(24)5-4-13(22-23)12-8-20-15(21-9-12)25-10-16(17,18)19/h4-6,8-9H,3,7,10H2,1-2H3/b11-6-. The smallest absolute Gasteiger partial charge is 0.422 e. The fourth-order valence-electron chi connectivity index (χ4n) is 1.79. The molecule has 0 aliphatic carbocycles. The van der Waals surface area contributed by atoms with Gasteiger partial charge in [0.1, 0.15) is 0 Å². The predicted octanol–water partition coefficient (Wildman–Crippen LogP) is 3.00. The van der Waals surface area contributed by atoms with Crippen molar-refractivity contribution in [2.24, 2.45) is 0 Å². The van der Waals surface area contributed by atoms with Gasteiger partial charge >= 0.3 is 12.2 Å². The van der Waals surface area contributed by atoms with Crippen molar-refractivity contribution in [1.82, 2.24) is 19.7 Å². The molecule has 0 bridgehead atoms. The molecule has 0 fully saturated rings. The molecule has 0 aliphatic heterocycles. The maximum Gasteiger partial charge on any atom is 0.422 e. The van der Waals surface area contributed by atoms with Crippen molar-refractivity contribution in [2.45, 2.75) is 33.0 Å². The van der Waals surface area contributed by atoms with Crippen molar-refractivity contribution in [3.05, 3.63) is 46.5 Å². The average molecular weight is 354 g/mol. The van der Waals surface area contributed by atoms with E-state index < -0.39 is 12.8 Å². The molecular formula is C16H17F3N4O2. The van der Waals surface area contributed by atoms with Crippen LogP contribution in [0.15, 0.2) is 41.0 Å². The number of halogens is 3. The Balaban J connectivity index is 2.17. The van der Waals surface area contributed by atoms with E-state index in [4.69, 9.17) is 0 Å². The normalized spacial score (nSPS) is 12.3. The first kappa shape index (κ1) is 18.6. The van der Waals surface area contributed by atoms with Crippen LogP contribution in [-0.4, -0.2) is 32.5 Å². The molecule has 0 unspecified atom stereocenters. The van der Waals surface area contributed by atoms with E-state index in [2.05, 4.69) is 19.8 Å². The Kier molecular flexibility index (Phi) is 5.89. The Bertz CT molecular complexity index is 798. The van der Waals surface area contributed by atoms with Gasteiger partial charge in [0.15, 0.2) is 6.61 Å². The van der Waals surface area contributed by atoms with Crippen LogP contribution in [0, 0.1) is 0 Å². The first-order valence-corrected chi connectivity index (χ1v) is 7.54. The minimum Gasteiger partial charge on any atom is -0.454 e. The number of hydrogen-bond donors (Lipinski definition) is 0. The maximum atomic E-state index is 12.1. The lowest BCUT2D eigenvalue weighted by Gasteiger charge is -2.08. The molecular weight excluding hydrogens is 337 g/mol. The lowest BCUT2D eigenvalue weighted by molar-refractivity contribution is -0.154. The van der Waals surface area contributed by atoms with Crippen molar-refractivity contribution < 1.29 is 17.9 Å². The second kappa shape index (κ2) is 7.91. The van der Waals surface area contributed by atoms with Crippen molar-refractivity contribution in [2.75, 3.05) is 6.61 Å². The van der Waals surface area contributed by atoms with E-state index in [1.165, 1.54) is 29.2 Å². The summed E-state index contributed by atoms with van der Waals surface area (Å²) in [5.41, 5.74) is 1.78. The quantitative estimate of drug-likeness (QED) is 0.746. The SMILES string of the molecule is CC/C(C)=C\Cn1nc(-c2cnc(OCC(F)(F)F)nc2)ccc1=O. The molecule has 0 atom stereocenters. The fourth-order valence-corrected chi connectivity index (χ4v) is 1.79. The summed E-state index contributed by atoms with van der Waals surface area (Å²) in [5, 5.41) is 4.22. The second-order valence-corrected chi connectivity index (χ2v) is 5.30. The highest BCUT2D eigenvalue weighted by molar-refractivity contribution is 5.55. The van der Waals surface area contributed by atoms with Gasteiger partial charge in [0.25, 0.3) is 5.56 Å². The summed E-state index contributed by atoms with van der Waals surface area (Å²) in [5.74, 6) is 0. The van der Waals surface area contributed by atoms with Gasteiger partial charge in [0.2, 0.25) is 0 Å². The molecule has 0 aliphatic rings. The summed E-state index contributed by atoms with van der Waals surface area (Å²) in [4.78, 5) is 19.3. The molecule has 0 saturated heterocycles. The molecule has 0 spiro atoms.